The average molecular weight is 262 g/mol. The summed E-state index contributed by atoms with van der Waals surface area (Å²) in [6.07, 6.45) is 2.57. The molecule has 0 saturated heterocycles. The summed E-state index contributed by atoms with van der Waals surface area (Å²) in [4.78, 5) is 11.6. The molecule has 19 heavy (non-hydrogen) atoms. The predicted octanol–water partition coefficient (Wildman–Crippen LogP) is 1.56. The van der Waals surface area contributed by atoms with Crippen molar-refractivity contribution in [1.29, 1.82) is 0 Å². The Balaban J connectivity index is 1.95. The van der Waals surface area contributed by atoms with Gasteiger partial charge < -0.3 is 20.1 Å². The minimum Gasteiger partial charge on any atom is -0.490 e. The van der Waals surface area contributed by atoms with Crippen LogP contribution in [0.3, 0.4) is 0 Å². The molecule has 0 saturated carbocycles. The predicted molar refractivity (Wildman–Crippen MR) is 73.7 cm³/mol. The minimum atomic E-state index is -0.101. The number of fused-ring (bicyclic) bond motifs is 1. The van der Waals surface area contributed by atoms with E-state index in [0.717, 1.165) is 12.2 Å². The lowest BCUT2D eigenvalue weighted by Crippen LogP contribution is -2.28. The second-order valence-corrected chi connectivity index (χ2v) is 4.18. The zero-order chi connectivity index (χ0) is 13.5. The SMILES string of the molecule is C=CCNCC(=O)Nc1ccc2c(c1)OCCCO2. The van der Waals surface area contributed by atoms with Gasteiger partial charge in [0.15, 0.2) is 11.5 Å². The lowest BCUT2D eigenvalue weighted by Gasteiger charge is -2.10. The van der Waals surface area contributed by atoms with Crippen LogP contribution in [-0.4, -0.2) is 32.2 Å². The summed E-state index contributed by atoms with van der Waals surface area (Å²) in [7, 11) is 0. The zero-order valence-corrected chi connectivity index (χ0v) is 10.8. The molecule has 0 bridgehead atoms. The Hall–Kier alpha value is -2.01. The summed E-state index contributed by atoms with van der Waals surface area (Å²) in [5.74, 6) is 1.30. The van der Waals surface area contributed by atoms with Crippen molar-refractivity contribution in [2.75, 3.05) is 31.6 Å². The number of carbonyl (C=O) groups excluding carboxylic acids is 1. The number of hydrogen-bond donors (Lipinski definition) is 2. The van der Waals surface area contributed by atoms with E-state index >= 15 is 0 Å². The Morgan fingerprint density at radius 1 is 1.32 bits per heavy atom. The van der Waals surface area contributed by atoms with Crippen LogP contribution < -0.4 is 20.1 Å². The van der Waals surface area contributed by atoms with Crippen molar-refractivity contribution in [2.24, 2.45) is 0 Å². The molecule has 1 aliphatic heterocycles. The molecule has 0 aromatic heterocycles. The summed E-state index contributed by atoms with van der Waals surface area (Å²) in [5.41, 5.74) is 0.703. The highest BCUT2D eigenvalue weighted by molar-refractivity contribution is 5.92. The van der Waals surface area contributed by atoms with E-state index in [-0.39, 0.29) is 12.5 Å². The topological polar surface area (TPSA) is 59.6 Å². The van der Waals surface area contributed by atoms with Crippen LogP contribution in [0.25, 0.3) is 0 Å². The summed E-state index contributed by atoms with van der Waals surface area (Å²) in [5, 5.41) is 5.74. The summed E-state index contributed by atoms with van der Waals surface area (Å²) in [6.45, 7) is 5.72. The lowest BCUT2D eigenvalue weighted by atomic mass is 10.2. The molecule has 0 unspecified atom stereocenters. The first-order valence-electron chi connectivity index (χ1n) is 6.30. The van der Waals surface area contributed by atoms with Crippen molar-refractivity contribution >= 4 is 11.6 Å². The van der Waals surface area contributed by atoms with E-state index in [1.165, 1.54) is 0 Å². The Morgan fingerprint density at radius 2 is 2.11 bits per heavy atom. The molecular weight excluding hydrogens is 244 g/mol. The molecule has 1 aromatic rings. The van der Waals surface area contributed by atoms with Gasteiger partial charge in [0.25, 0.3) is 0 Å². The smallest absolute Gasteiger partial charge is 0.238 e. The monoisotopic (exact) mass is 262 g/mol. The fraction of sp³-hybridized carbons (Fsp3) is 0.357. The van der Waals surface area contributed by atoms with Crippen LogP contribution in [0, 0.1) is 0 Å². The van der Waals surface area contributed by atoms with Gasteiger partial charge in [0.2, 0.25) is 5.91 Å². The molecule has 5 nitrogen and oxygen atoms in total. The molecule has 0 aliphatic carbocycles. The van der Waals surface area contributed by atoms with E-state index in [1.54, 1.807) is 18.2 Å². The molecule has 2 N–H and O–H groups in total. The Bertz CT molecular complexity index is 460. The highest BCUT2D eigenvalue weighted by Gasteiger charge is 2.11. The number of hydrogen-bond acceptors (Lipinski definition) is 4. The number of nitrogens with one attached hydrogen (secondary N) is 2. The van der Waals surface area contributed by atoms with Crippen molar-refractivity contribution in [3.8, 4) is 11.5 Å². The molecule has 102 valence electrons. The first kappa shape index (κ1) is 13.4. The third-order valence-corrected chi connectivity index (χ3v) is 2.61. The number of rotatable bonds is 5. The Morgan fingerprint density at radius 3 is 2.89 bits per heavy atom. The molecule has 1 aromatic carbocycles. The van der Waals surface area contributed by atoms with Crippen LogP contribution in [0.1, 0.15) is 6.42 Å². The van der Waals surface area contributed by atoms with Gasteiger partial charge in [0, 0.05) is 24.7 Å². The van der Waals surface area contributed by atoms with Crippen molar-refractivity contribution in [1.82, 2.24) is 5.32 Å². The van der Waals surface area contributed by atoms with Crippen LogP contribution in [0.5, 0.6) is 11.5 Å². The Kier molecular flexibility index (Phi) is 4.80. The van der Waals surface area contributed by atoms with E-state index in [0.29, 0.717) is 31.2 Å². The molecule has 0 radical (unpaired) electrons. The van der Waals surface area contributed by atoms with Crippen LogP contribution >= 0.6 is 0 Å². The normalized spacial score (nSPS) is 13.5. The molecule has 0 atom stereocenters. The number of ether oxygens (including phenoxy) is 2. The molecule has 0 fully saturated rings. The van der Waals surface area contributed by atoms with E-state index in [4.69, 9.17) is 9.47 Å². The maximum absolute atomic E-state index is 11.6. The zero-order valence-electron chi connectivity index (χ0n) is 10.8. The van der Waals surface area contributed by atoms with Crippen LogP contribution in [0.15, 0.2) is 30.9 Å². The van der Waals surface area contributed by atoms with Gasteiger partial charge in [-0.2, -0.15) is 0 Å². The van der Waals surface area contributed by atoms with E-state index in [2.05, 4.69) is 17.2 Å². The number of benzene rings is 1. The summed E-state index contributed by atoms with van der Waals surface area (Å²) >= 11 is 0. The molecule has 5 heteroatoms. The minimum absolute atomic E-state index is 0.101. The van der Waals surface area contributed by atoms with Gasteiger partial charge in [-0.05, 0) is 12.1 Å². The first-order chi connectivity index (χ1) is 9.29. The third-order valence-electron chi connectivity index (χ3n) is 2.61. The van der Waals surface area contributed by atoms with Gasteiger partial charge in [-0.3, -0.25) is 4.79 Å². The van der Waals surface area contributed by atoms with Crippen LogP contribution in [-0.2, 0) is 4.79 Å². The van der Waals surface area contributed by atoms with Gasteiger partial charge in [-0.1, -0.05) is 6.08 Å². The quantitative estimate of drug-likeness (QED) is 0.624. The number of amides is 1. The molecule has 1 heterocycles. The van der Waals surface area contributed by atoms with Gasteiger partial charge >= 0.3 is 0 Å². The molecule has 1 aliphatic rings. The Labute approximate surface area is 112 Å². The standard InChI is InChI=1S/C14H18N2O3/c1-2-6-15-10-14(17)16-11-4-5-12-13(9-11)19-8-3-7-18-12/h2,4-5,9,15H,1,3,6-8,10H2,(H,16,17). The fourth-order valence-electron chi connectivity index (χ4n) is 1.73. The fourth-order valence-corrected chi connectivity index (χ4v) is 1.73. The largest absolute Gasteiger partial charge is 0.490 e. The van der Waals surface area contributed by atoms with Crippen molar-refractivity contribution < 1.29 is 14.3 Å². The van der Waals surface area contributed by atoms with E-state index in [9.17, 15) is 4.79 Å². The summed E-state index contributed by atoms with van der Waals surface area (Å²) < 4.78 is 11.1. The van der Waals surface area contributed by atoms with Crippen LogP contribution in [0.2, 0.25) is 0 Å². The van der Waals surface area contributed by atoms with E-state index in [1.807, 2.05) is 6.07 Å². The number of anilines is 1. The first-order valence-corrected chi connectivity index (χ1v) is 6.30. The van der Waals surface area contributed by atoms with Gasteiger partial charge in [-0.25, -0.2) is 0 Å². The molecule has 0 spiro atoms. The second kappa shape index (κ2) is 6.80. The molecule has 1 amide bonds. The average Bonchev–Trinajstić information content (AvgIpc) is 2.63. The maximum atomic E-state index is 11.6. The van der Waals surface area contributed by atoms with Gasteiger partial charge in [0.1, 0.15) is 0 Å². The summed E-state index contributed by atoms with van der Waals surface area (Å²) in [6, 6.07) is 5.40. The van der Waals surface area contributed by atoms with Crippen molar-refractivity contribution in [3.63, 3.8) is 0 Å². The lowest BCUT2D eigenvalue weighted by molar-refractivity contribution is -0.115. The van der Waals surface area contributed by atoms with Crippen LogP contribution in [0.4, 0.5) is 5.69 Å². The maximum Gasteiger partial charge on any atom is 0.238 e. The van der Waals surface area contributed by atoms with Crippen molar-refractivity contribution in [2.45, 2.75) is 6.42 Å². The molecule has 2 rings (SSSR count). The van der Waals surface area contributed by atoms with Gasteiger partial charge in [0.05, 0.1) is 19.8 Å². The van der Waals surface area contributed by atoms with Gasteiger partial charge in [-0.15, -0.1) is 6.58 Å². The third kappa shape index (κ3) is 3.99. The highest BCUT2D eigenvalue weighted by Crippen LogP contribution is 2.32. The molecular formula is C14H18N2O3. The second-order valence-electron chi connectivity index (χ2n) is 4.18. The highest BCUT2D eigenvalue weighted by atomic mass is 16.5. The van der Waals surface area contributed by atoms with E-state index < -0.39 is 0 Å². The number of carbonyl (C=O) groups is 1. The van der Waals surface area contributed by atoms with Crippen molar-refractivity contribution in [3.05, 3.63) is 30.9 Å².